The normalized spacial score (nSPS) is 20.1. The lowest BCUT2D eigenvalue weighted by Crippen LogP contribution is -2.33. The standard InChI is InChI=1S/C29H28F2N6O2S/c1-15-24(40-27(35-15)26-33-9-4-10-34-26)28(38)37-13-19-20(14-37)23(19)39-22-12-18(29(2,3)32)11-21(36-22)16-5-7-17(8-6-16)25(30)31/h4-12,19-20,23,25H,13-14,32H2,1-3H3/t19-,20+,23-. The number of fused-ring (bicyclic) bond motifs is 1. The molecule has 2 aliphatic rings. The van der Waals surface area contributed by atoms with Crippen molar-refractivity contribution in [3.05, 3.63) is 76.6 Å². The summed E-state index contributed by atoms with van der Waals surface area (Å²) in [6, 6.07) is 11.5. The van der Waals surface area contributed by atoms with E-state index in [-0.39, 0.29) is 29.4 Å². The van der Waals surface area contributed by atoms with Gasteiger partial charge in [0.15, 0.2) is 10.8 Å². The largest absolute Gasteiger partial charge is 0.474 e. The van der Waals surface area contributed by atoms with Gasteiger partial charge in [-0.05, 0) is 38.5 Å². The second kappa shape index (κ2) is 9.97. The molecule has 3 aromatic heterocycles. The Hall–Kier alpha value is -3.83. The third-order valence-electron chi connectivity index (χ3n) is 7.41. The SMILES string of the molecule is Cc1nc(-c2ncccn2)sc1C(=O)N1C[C@@H]2[C@H](C1)[C@@H]2Oc1cc(C(C)(C)N)cc(-c2ccc(C(F)F)cc2)n1. The molecule has 0 bridgehead atoms. The van der Waals surface area contributed by atoms with Crippen molar-refractivity contribution in [3.8, 4) is 28.0 Å². The van der Waals surface area contributed by atoms with E-state index in [1.54, 1.807) is 30.6 Å². The number of ether oxygens (including phenoxy) is 1. The van der Waals surface area contributed by atoms with Crippen LogP contribution in [0.4, 0.5) is 8.78 Å². The molecule has 1 aliphatic carbocycles. The second-order valence-corrected chi connectivity index (χ2v) is 11.8. The van der Waals surface area contributed by atoms with Crippen LogP contribution in [0.3, 0.4) is 0 Å². The summed E-state index contributed by atoms with van der Waals surface area (Å²) in [5.41, 5.74) is 8.50. The number of nitrogens with zero attached hydrogens (tertiary/aromatic N) is 5. The number of likely N-dealkylation sites (tertiary alicyclic amines) is 1. The lowest BCUT2D eigenvalue weighted by molar-refractivity contribution is 0.0755. The lowest BCUT2D eigenvalue weighted by Gasteiger charge is -2.22. The van der Waals surface area contributed by atoms with Crippen LogP contribution in [0.25, 0.3) is 22.1 Å². The van der Waals surface area contributed by atoms with Crippen molar-refractivity contribution in [2.45, 2.75) is 38.8 Å². The Balaban J connectivity index is 1.16. The maximum atomic E-state index is 13.3. The highest BCUT2D eigenvalue weighted by Crippen LogP contribution is 2.48. The van der Waals surface area contributed by atoms with Crippen molar-refractivity contribution in [1.82, 2.24) is 24.8 Å². The van der Waals surface area contributed by atoms with Crippen LogP contribution in [-0.2, 0) is 5.54 Å². The van der Waals surface area contributed by atoms with Gasteiger partial charge in [-0.2, -0.15) is 0 Å². The van der Waals surface area contributed by atoms with Gasteiger partial charge in [-0.15, -0.1) is 11.3 Å². The highest BCUT2D eigenvalue weighted by molar-refractivity contribution is 7.17. The number of aromatic nitrogens is 4. The van der Waals surface area contributed by atoms with Crippen LogP contribution in [-0.4, -0.2) is 49.9 Å². The Morgan fingerprint density at radius 3 is 2.40 bits per heavy atom. The molecule has 2 fully saturated rings. The Kier molecular flexibility index (Phi) is 6.58. The number of piperidine rings is 1. The number of aryl methyl sites for hydroxylation is 1. The molecular formula is C29H28F2N6O2S. The summed E-state index contributed by atoms with van der Waals surface area (Å²) >= 11 is 1.31. The fourth-order valence-electron chi connectivity index (χ4n) is 5.08. The topological polar surface area (TPSA) is 107 Å². The number of nitrogens with two attached hydrogens (primary N) is 1. The Morgan fingerprint density at radius 1 is 1.10 bits per heavy atom. The maximum Gasteiger partial charge on any atom is 0.265 e. The van der Waals surface area contributed by atoms with Gasteiger partial charge in [0.2, 0.25) is 5.88 Å². The fraction of sp³-hybridized carbons (Fsp3) is 0.345. The van der Waals surface area contributed by atoms with Gasteiger partial charge in [0.1, 0.15) is 11.0 Å². The molecule has 4 aromatic rings. The Labute approximate surface area is 234 Å². The van der Waals surface area contributed by atoms with E-state index in [0.717, 1.165) is 5.56 Å². The quantitative estimate of drug-likeness (QED) is 0.328. The minimum absolute atomic E-state index is 0.0392. The average Bonchev–Trinajstić information content (AvgIpc) is 3.25. The molecule has 1 aliphatic heterocycles. The molecule has 2 N–H and O–H groups in total. The first kappa shape index (κ1) is 26.4. The maximum absolute atomic E-state index is 13.3. The minimum atomic E-state index is -2.53. The molecule has 3 atom stereocenters. The predicted molar refractivity (Wildman–Crippen MR) is 147 cm³/mol. The van der Waals surface area contributed by atoms with Crippen molar-refractivity contribution in [1.29, 1.82) is 0 Å². The van der Waals surface area contributed by atoms with E-state index >= 15 is 0 Å². The van der Waals surface area contributed by atoms with Gasteiger partial charge in [-0.1, -0.05) is 24.3 Å². The number of alkyl halides is 2. The number of benzene rings is 1. The average molecular weight is 563 g/mol. The van der Waals surface area contributed by atoms with Crippen molar-refractivity contribution >= 4 is 17.2 Å². The van der Waals surface area contributed by atoms with E-state index in [0.29, 0.717) is 51.6 Å². The highest BCUT2D eigenvalue weighted by Gasteiger charge is 2.59. The third-order valence-corrected chi connectivity index (χ3v) is 8.55. The number of hydrogen-bond donors (Lipinski definition) is 1. The van der Waals surface area contributed by atoms with Crippen molar-refractivity contribution in [2.24, 2.45) is 17.6 Å². The fourth-order valence-corrected chi connectivity index (χ4v) is 6.06. The number of pyridine rings is 1. The van der Waals surface area contributed by atoms with E-state index in [2.05, 4.69) is 19.9 Å². The van der Waals surface area contributed by atoms with Crippen molar-refractivity contribution in [3.63, 3.8) is 0 Å². The number of halogens is 2. The number of thiazole rings is 1. The van der Waals surface area contributed by atoms with E-state index in [1.807, 2.05) is 37.8 Å². The first-order valence-corrected chi connectivity index (χ1v) is 13.8. The predicted octanol–water partition coefficient (Wildman–Crippen LogP) is 5.25. The summed E-state index contributed by atoms with van der Waals surface area (Å²) in [6.07, 6.45) is 0.716. The second-order valence-electron chi connectivity index (χ2n) is 10.8. The summed E-state index contributed by atoms with van der Waals surface area (Å²) < 4.78 is 32.4. The van der Waals surface area contributed by atoms with E-state index in [1.165, 1.54) is 23.5 Å². The van der Waals surface area contributed by atoms with E-state index < -0.39 is 12.0 Å². The molecule has 8 nitrogen and oxygen atoms in total. The summed E-state index contributed by atoms with van der Waals surface area (Å²) in [7, 11) is 0. The Bertz CT molecular complexity index is 1540. The lowest BCUT2D eigenvalue weighted by atomic mass is 9.94. The van der Waals surface area contributed by atoms with Crippen LogP contribution in [0.2, 0.25) is 0 Å². The van der Waals surface area contributed by atoms with Gasteiger partial charge in [0.05, 0.1) is 11.4 Å². The molecule has 0 spiro atoms. The van der Waals surface area contributed by atoms with Gasteiger partial charge in [0.25, 0.3) is 12.3 Å². The van der Waals surface area contributed by atoms with E-state index in [9.17, 15) is 13.6 Å². The Morgan fingerprint density at radius 2 is 1.77 bits per heavy atom. The van der Waals surface area contributed by atoms with Crippen LogP contribution >= 0.6 is 11.3 Å². The number of hydrogen-bond acceptors (Lipinski definition) is 8. The number of amides is 1. The molecular weight excluding hydrogens is 534 g/mol. The summed E-state index contributed by atoms with van der Waals surface area (Å²) in [5.74, 6) is 1.32. The van der Waals surface area contributed by atoms with Crippen LogP contribution in [0, 0.1) is 18.8 Å². The molecule has 1 aromatic carbocycles. The molecule has 6 rings (SSSR count). The van der Waals surface area contributed by atoms with Gasteiger partial charge < -0.3 is 15.4 Å². The van der Waals surface area contributed by atoms with Gasteiger partial charge in [-0.25, -0.2) is 28.7 Å². The molecule has 11 heteroatoms. The molecule has 4 heterocycles. The summed E-state index contributed by atoms with van der Waals surface area (Å²) in [5, 5.41) is 0.625. The first-order chi connectivity index (χ1) is 19.1. The van der Waals surface area contributed by atoms with Gasteiger partial charge in [-0.3, -0.25) is 4.79 Å². The molecule has 0 unspecified atom stereocenters. The van der Waals surface area contributed by atoms with Crippen molar-refractivity contribution < 1.29 is 18.3 Å². The van der Waals surface area contributed by atoms with Crippen LogP contribution < -0.4 is 10.5 Å². The first-order valence-electron chi connectivity index (χ1n) is 13.0. The number of rotatable bonds is 7. The van der Waals surface area contributed by atoms with Crippen LogP contribution in [0.5, 0.6) is 5.88 Å². The molecule has 1 amide bonds. The number of carbonyl (C=O) groups is 1. The smallest absolute Gasteiger partial charge is 0.265 e. The number of carbonyl (C=O) groups excluding carboxylic acids is 1. The summed E-state index contributed by atoms with van der Waals surface area (Å²) in [4.78, 5) is 33.4. The highest BCUT2D eigenvalue weighted by atomic mass is 32.1. The van der Waals surface area contributed by atoms with Gasteiger partial charge in [0, 0.05) is 60.1 Å². The zero-order valence-corrected chi connectivity index (χ0v) is 23.0. The zero-order valence-electron chi connectivity index (χ0n) is 22.2. The minimum Gasteiger partial charge on any atom is -0.474 e. The molecule has 206 valence electrons. The van der Waals surface area contributed by atoms with Crippen LogP contribution in [0.15, 0.2) is 54.9 Å². The molecule has 40 heavy (non-hydrogen) atoms. The molecule has 1 saturated carbocycles. The van der Waals surface area contributed by atoms with Crippen molar-refractivity contribution in [2.75, 3.05) is 13.1 Å². The monoisotopic (exact) mass is 562 g/mol. The van der Waals surface area contributed by atoms with Crippen LogP contribution in [0.1, 0.15) is 46.8 Å². The molecule has 0 radical (unpaired) electrons. The zero-order chi connectivity index (χ0) is 28.2. The van der Waals surface area contributed by atoms with E-state index in [4.69, 9.17) is 10.5 Å². The molecule has 1 saturated heterocycles. The summed E-state index contributed by atoms with van der Waals surface area (Å²) in [6.45, 7) is 6.79. The van der Waals surface area contributed by atoms with Gasteiger partial charge >= 0.3 is 0 Å². The third kappa shape index (κ3) is 5.06.